The number of aliphatic hydroxyl groups is 1. The molecular formula is C24H36N6O3. The van der Waals surface area contributed by atoms with Crippen LogP contribution in [0.5, 0.6) is 0 Å². The van der Waals surface area contributed by atoms with Crippen molar-refractivity contribution in [2.45, 2.75) is 89.8 Å². The molecule has 3 atom stereocenters. The normalized spacial score (nSPS) is 28.9. The molecular weight excluding hydrogens is 420 g/mol. The second kappa shape index (κ2) is 9.41. The number of likely N-dealkylation sites (tertiary alicyclic amines) is 1. The molecule has 3 fully saturated rings. The summed E-state index contributed by atoms with van der Waals surface area (Å²) < 4.78 is 1.64. The quantitative estimate of drug-likeness (QED) is 0.676. The lowest BCUT2D eigenvalue weighted by Crippen LogP contribution is -2.51. The van der Waals surface area contributed by atoms with Crippen molar-refractivity contribution in [3.8, 4) is 6.07 Å². The Hall–Kier alpha value is -2.47. The molecule has 0 aromatic carbocycles. The van der Waals surface area contributed by atoms with E-state index in [1.807, 2.05) is 27.0 Å². The fraction of sp³-hybridized carbons (Fsp3) is 0.792. The van der Waals surface area contributed by atoms with Crippen LogP contribution in [0.3, 0.4) is 0 Å². The third-order valence-electron chi connectivity index (χ3n) is 7.30. The van der Waals surface area contributed by atoms with E-state index in [-0.39, 0.29) is 30.7 Å². The van der Waals surface area contributed by atoms with Gasteiger partial charge >= 0.3 is 0 Å². The number of carbonyl (C=O) groups excluding carboxylic acids is 2. The summed E-state index contributed by atoms with van der Waals surface area (Å²) in [5, 5.41) is 31.0. The Labute approximate surface area is 195 Å². The zero-order valence-corrected chi connectivity index (χ0v) is 19.9. The summed E-state index contributed by atoms with van der Waals surface area (Å²) in [4.78, 5) is 28.3. The highest BCUT2D eigenvalue weighted by Crippen LogP contribution is 2.40. The number of aliphatic hydroxyl groups excluding tert-OH is 1. The molecule has 3 aliphatic rings. The first-order chi connectivity index (χ1) is 15.7. The van der Waals surface area contributed by atoms with E-state index in [0.29, 0.717) is 18.4 Å². The van der Waals surface area contributed by atoms with Crippen LogP contribution in [0.2, 0.25) is 0 Å². The van der Waals surface area contributed by atoms with E-state index in [1.165, 1.54) is 4.90 Å². The van der Waals surface area contributed by atoms with Gasteiger partial charge in [0.1, 0.15) is 12.1 Å². The Kier molecular flexibility index (Phi) is 6.76. The van der Waals surface area contributed by atoms with Gasteiger partial charge < -0.3 is 15.3 Å². The molecule has 2 aliphatic carbocycles. The lowest BCUT2D eigenvalue weighted by molar-refractivity contribution is -0.144. The molecule has 9 nitrogen and oxygen atoms in total. The topological polar surface area (TPSA) is 124 Å². The van der Waals surface area contributed by atoms with Gasteiger partial charge in [-0.1, -0.05) is 26.0 Å². The third-order valence-corrected chi connectivity index (χ3v) is 7.30. The Balaban J connectivity index is 1.44. The largest absolute Gasteiger partial charge is 0.391 e. The van der Waals surface area contributed by atoms with Crippen molar-refractivity contribution in [1.82, 2.24) is 25.2 Å². The molecule has 1 saturated heterocycles. The van der Waals surface area contributed by atoms with E-state index in [9.17, 15) is 14.7 Å². The molecule has 1 aliphatic heterocycles. The molecule has 2 heterocycles. The third kappa shape index (κ3) is 5.37. The molecule has 4 rings (SSSR count). The molecule has 2 saturated carbocycles. The van der Waals surface area contributed by atoms with Crippen LogP contribution in [0.1, 0.15) is 83.4 Å². The minimum atomic E-state index is -0.728. The van der Waals surface area contributed by atoms with Crippen molar-refractivity contribution < 1.29 is 14.7 Å². The van der Waals surface area contributed by atoms with Crippen LogP contribution >= 0.6 is 0 Å². The van der Waals surface area contributed by atoms with Gasteiger partial charge in [-0.2, -0.15) is 5.26 Å². The number of nitrogens with one attached hydrogen (secondary N) is 1. The predicted octanol–water partition coefficient (Wildman–Crippen LogP) is 2.15. The van der Waals surface area contributed by atoms with E-state index in [0.717, 1.165) is 44.2 Å². The summed E-state index contributed by atoms with van der Waals surface area (Å²) >= 11 is 0. The molecule has 1 aromatic heterocycles. The maximum Gasteiger partial charge on any atom is 0.248 e. The molecule has 2 N–H and O–H groups in total. The molecule has 9 heteroatoms. The van der Waals surface area contributed by atoms with Gasteiger partial charge in [-0.25, -0.2) is 4.68 Å². The Morgan fingerprint density at radius 1 is 1.24 bits per heavy atom. The van der Waals surface area contributed by atoms with Crippen molar-refractivity contribution >= 4 is 11.8 Å². The Bertz CT molecular complexity index is 904. The zero-order valence-electron chi connectivity index (χ0n) is 19.9. The van der Waals surface area contributed by atoms with Gasteiger partial charge in [0.05, 0.1) is 17.9 Å². The maximum absolute atomic E-state index is 13.7. The first-order valence-electron chi connectivity index (χ1n) is 12.2. The van der Waals surface area contributed by atoms with Crippen LogP contribution in [0.25, 0.3) is 0 Å². The number of nitriles is 1. The zero-order chi connectivity index (χ0) is 23.8. The van der Waals surface area contributed by atoms with Crippen molar-refractivity contribution in [2.24, 2.45) is 17.3 Å². The van der Waals surface area contributed by atoms with E-state index in [4.69, 9.17) is 5.26 Å². The molecule has 0 spiro atoms. The van der Waals surface area contributed by atoms with Crippen LogP contribution in [0.4, 0.5) is 0 Å². The minimum Gasteiger partial charge on any atom is -0.391 e. The number of β-amino-alcohol motifs (C(OH)–C–C–N with tert-alkyl or cyclic N) is 1. The van der Waals surface area contributed by atoms with Gasteiger partial charge in [0.15, 0.2) is 0 Å². The van der Waals surface area contributed by atoms with Gasteiger partial charge in [0.25, 0.3) is 0 Å². The monoisotopic (exact) mass is 456 g/mol. The van der Waals surface area contributed by atoms with Gasteiger partial charge in [-0.3, -0.25) is 9.59 Å². The highest BCUT2D eigenvalue weighted by Gasteiger charge is 2.45. The summed E-state index contributed by atoms with van der Waals surface area (Å²) in [5.74, 6) is 0.493. The Morgan fingerprint density at radius 3 is 2.55 bits per heavy atom. The lowest BCUT2D eigenvalue weighted by atomic mass is 9.83. The smallest absolute Gasteiger partial charge is 0.248 e. The van der Waals surface area contributed by atoms with E-state index < -0.39 is 23.6 Å². The molecule has 2 amide bonds. The summed E-state index contributed by atoms with van der Waals surface area (Å²) in [5.41, 5.74) is 0.471. The summed E-state index contributed by atoms with van der Waals surface area (Å²) in [7, 11) is 0. The van der Waals surface area contributed by atoms with Gasteiger partial charge in [0, 0.05) is 37.5 Å². The molecule has 0 radical (unpaired) electrons. The Morgan fingerprint density at radius 2 is 1.94 bits per heavy atom. The highest BCUT2D eigenvalue weighted by molar-refractivity contribution is 5.90. The number of nitrogens with zero attached hydrogens (tertiary/aromatic N) is 5. The molecule has 0 unspecified atom stereocenters. The van der Waals surface area contributed by atoms with Crippen LogP contribution in [-0.2, 0) is 9.59 Å². The fourth-order valence-corrected chi connectivity index (χ4v) is 5.18. The number of rotatable bonds is 6. The first kappa shape index (κ1) is 23.7. The summed E-state index contributed by atoms with van der Waals surface area (Å²) in [6.45, 7) is 6.62. The van der Waals surface area contributed by atoms with Crippen LogP contribution in [0.15, 0.2) is 6.20 Å². The SMILES string of the molecule is CC(C)(C)[C@@H](C(=O)N1C[C@H](O)C[C@H]1C(=O)NCC1CCC(C#N)CC1)n1cc(C2CC2)nn1. The van der Waals surface area contributed by atoms with E-state index in [1.54, 1.807) is 4.68 Å². The van der Waals surface area contributed by atoms with Crippen LogP contribution in [0, 0.1) is 28.6 Å². The fourth-order valence-electron chi connectivity index (χ4n) is 5.18. The number of amides is 2. The first-order valence-corrected chi connectivity index (χ1v) is 12.2. The van der Waals surface area contributed by atoms with Crippen LogP contribution < -0.4 is 5.32 Å². The van der Waals surface area contributed by atoms with Crippen molar-refractivity contribution in [1.29, 1.82) is 5.26 Å². The summed E-state index contributed by atoms with van der Waals surface area (Å²) in [6, 6.07) is 1.03. The second-order valence-electron chi connectivity index (χ2n) is 11.2. The molecule has 1 aromatic rings. The van der Waals surface area contributed by atoms with Gasteiger partial charge in [-0.05, 0) is 49.9 Å². The number of hydrogen-bond acceptors (Lipinski definition) is 6. The summed E-state index contributed by atoms with van der Waals surface area (Å²) in [6.07, 6.45) is 7.18. The second-order valence-corrected chi connectivity index (χ2v) is 11.2. The van der Waals surface area contributed by atoms with Gasteiger partial charge in [0.2, 0.25) is 11.8 Å². The number of aromatic nitrogens is 3. The van der Waals surface area contributed by atoms with Gasteiger partial charge in [-0.15, -0.1) is 5.10 Å². The van der Waals surface area contributed by atoms with Crippen molar-refractivity contribution in [2.75, 3.05) is 13.1 Å². The lowest BCUT2D eigenvalue weighted by Gasteiger charge is -2.34. The standard InChI is InChI=1S/C24H36N6O3/c1-24(2,3)21(30-14-19(27-28-30)17-8-9-17)23(33)29-13-18(31)10-20(29)22(32)26-12-16-6-4-15(11-25)5-7-16/h14-18,20-21,31H,4-10,12-13H2,1-3H3,(H,26,32)/t15?,16?,18-,20+,21-/m1/s1. The predicted molar refractivity (Wildman–Crippen MR) is 121 cm³/mol. The van der Waals surface area contributed by atoms with Crippen molar-refractivity contribution in [3.05, 3.63) is 11.9 Å². The molecule has 0 bridgehead atoms. The molecule has 33 heavy (non-hydrogen) atoms. The number of carbonyl (C=O) groups is 2. The van der Waals surface area contributed by atoms with Crippen molar-refractivity contribution in [3.63, 3.8) is 0 Å². The maximum atomic E-state index is 13.7. The highest BCUT2D eigenvalue weighted by atomic mass is 16.3. The van der Waals surface area contributed by atoms with E-state index in [2.05, 4.69) is 21.7 Å². The number of hydrogen-bond donors (Lipinski definition) is 2. The average Bonchev–Trinajstić information content (AvgIpc) is 3.38. The van der Waals surface area contributed by atoms with Crippen LogP contribution in [-0.4, -0.2) is 62.0 Å². The molecule has 180 valence electrons. The van der Waals surface area contributed by atoms with E-state index >= 15 is 0 Å². The minimum absolute atomic E-state index is 0.126. The average molecular weight is 457 g/mol.